The zero-order valence-electron chi connectivity index (χ0n) is 13.0. The van der Waals surface area contributed by atoms with Crippen LogP contribution < -0.4 is 10.3 Å². The van der Waals surface area contributed by atoms with Gasteiger partial charge in [0.2, 0.25) is 0 Å². The number of halogens is 3. The molecule has 3 aromatic rings. The largest absolute Gasteiger partial charge is 0.434 e. The third-order valence-corrected chi connectivity index (χ3v) is 4.39. The topological polar surface area (TPSA) is 67.2 Å². The molecule has 0 fully saturated rings. The van der Waals surface area contributed by atoms with Crippen molar-refractivity contribution >= 4 is 26.8 Å². The molecule has 2 aromatic carbocycles. The minimum atomic E-state index is -2.97. The van der Waals surface area contributed by atoms with Gasteiger partial charge in [0.1, 0.15) is 5.75 Å². The predicted octanol–water partition coefficient (Wildman–Crippen LogP) is 3.67. The number of nitrogens with zero attached hydrogens (tertiary/aromatic N) is 1. The third-order valence-electron chi connectivity index (χ3n) is 3.89. The number of para-hydroxylation sites is 1. The van der Waals surface area contributed by atoms with E-state index >= 15 is 0 Å². The quantitative estimate of drug-likeness (QED) is 0.648. The number of ether oxygens (including phenoxy) is 1. The molecule has 1 unspecified atom stereocenters. The van der Waals surface area contributed by atoms with Gasteiger partial charge >= 0.3 is 6.61 Å². The van der Waals surface area contributed by atoms with E-state index in [-0.39, 0.29) is 24.3 Å². The Hall–Kier alpha value is -2.19. The average molecular weight is 413 g/mol. The van der Waals surface area contributed by atoms with Crippen molar-refractivity contribution in [3.05, 3.63) is 62.9 Å². The Balaban J connectivity index is 2.18. The molecule has 0 aliphatic rings. The van der Waals surface area contributed by atoms with E-state index in [0.29, 0.717) is 16.5 Å². The van der Waals surface area contributed by atoms with Crippen molar-refractivity contribution in [2.45, 2.75) is 19.1 Å². The number of aliphatic hydroxyl groups excluding tert-OH is 1. The normalized spacial score (nSPS) is 12.7. The van der Waals surface area contributed by atoms with Gasteiger partial charge in [-0.2, -0.15) is 8.78 Å². The highest BCUT2D eigenvalue weighted by Gasteiger charge is 2.22. The van der Waals surface area contributed by atoms with Gasteiger partial charge in [0.05, 0.1) is 16.9 Å². The number of nitrogens with one attached hydrogen (secondary N) is 1. The first-order valence-electron chi connectivity index (χ1n) is 7.55. The molecule has 1 heterocycles. The molecular weight excluding hydrogens is 398 g/mol. The first kappa shape index (κ1) is 17.6. The monoisotopic (exact) mass is 412 g/mol. The summed E-state index contributed by atoms with van der Waals surface area (Å²) >= 11 is 3.36. The fourth-order valence-electron chi connectivity index (χ4n) is 2.88. The van der Waals surface area contributed by atoms with Crippen LogP contribution in [0.5, 0.6) is 5.75 Å². The maximum atomic E-state index is 12.7. The molecule has 0 radical (unpaired) electrons. The molecule has 0 aliphatic carbocycles. The van der Waals surface area contributed by atoms with Crippen LogP contribution in [0.1, 0.15) is 18.0 Å². The van der Waals surface area contributed by atoms with Crippen molar-refractivity contribution in [2.24, 2.45) is 0 Å². The molecule has 25 heavy (non-hydrogen) atoms. The van der Waals surface area contributed by atoms with Gasteiger partial charge in [-0.25, -0.2) is 0 Å². The lowest BCUT2D eigenvalue weighted by Crippen LogP contribution is -2.17. The summed E-state index contributed by atoms with van der Waals surface area (Å²) < 4.78 is 32.4. The van der Waals surface area contributed by atoms with Gasteiger partial charge in [-0.1, -0.05) is 34.1 Å². The summed E-state index contributed by atoms with van der Waals surface area (Å²) in [5, 5.41) is 12.7. The zero-order chi connectivity index (χ0) is 18.0. The molecular formula is C17H15BrF2N2O3. The Bertz CT molecular complexity index is 939. The summed E-state index contributed by atoms with van der Waals surface area (Å²) in [7, 11) is 0. The number of rotatable bonds is 6. The summed E-state index contributed by atoms with van der Waals surface area (Å²) in [4.78, 5) is 12.2. The van der Waals surface area contributed by atoms with Crippen LogP contribution >= 0.6 is 15.9 Å². The van der Waals surface area contributed by atoms with Crippen molar-refractivity contribution in [2.75, 3.05) is 6.61 Å². The lowest BCUT2D eigenvalue weighted by Gasteiger charge is -2.22. The molecule has 0 saturated heterocycles. The van der Waals surface area contributed by atoms with Crippen LogP contribution in [0.25, 0.3) is 10.9 Å². The van der Waals surface area contributed by atoms with Crippen LogP contribution in [0.15, 0.2) is 51.7 Å². The van der Waals surface area contributed by atoms with Gasteiger partial charge in [0, 0.05) is 16.6 Å². The first-order valence-corrected chi connectivity index (χ1v) is 8.35. The van der Waals surface area contributed by atoms with Crippen LogP contribution in [-0.4, -0.2) is 28.1 Å². The highest BCUT2D eigenvalue weighted by atomic mass is 79.9. The molecule has 132 valence electrons. The highest BCUT2D eigenvalue weighted by Crippen LogP contribution is 2.33. The van der Waals surface area contributed by atoms with Gasteiger partial charge in [-0.05, 0) is 30.7 Å². The van der Waals surface area contributed by atoms with Crippen molar-refractivity contribution in [3.8, 4) is 5.75 Å². The van der Waals surface area contributed by atoms with E-state index in [1.165, 1.54) is 6.07 Å². The van der Waals surface area contributed by atoms with Crippen LogP contribution in [0.4, 0.5) is 8.78 Å². The first-order chi connectivity index (χ1) is 12.0. The predicted molar refractivity (Wildman–Crippen MR) is 93.2 cm³/mol. The minimum Gasteiger partial charge on any atom is -0.434 e. The van der Waals surface area contributed by atoms with E-state index in [1.807, 2.05) is 0 Å². The van der Waals surface area contributed by atoms with Crippen molar-refractivity contribution in [3.63, 3.8) is 0 Å². The summed E-state index contributed by atoms with van der Waals surface area (Å²) in [6.07, 6.45) is 0.218. The molecule has 5 nitrogen and oxygen atoms in total. The van der Waals surface area contributed by atoms with Gasteiger partial charge < -0.3 is 9.84 Å². The number of hydrogen-bond donors (Lipinski definition) is 2. The van der Waals surface area contributed by atoms with Gasteiger partial charge in [-0.3, -0.25) is 14.6 Å². The Labute approximate surface area is 150 Å². The molecule has 0 aliphatic heterocycles. The Morgan fingerprint density at radius 1 is 1.24 bits per heavy atom. The number of aromatic amines is 1. The molecule has 0 spiro atoms. The number of H-pyrrole nitrogens is 1. The minimum absolute atomic E-state index is 0.00801. The lowest BCUT2D eigenvalue weighted by atomic mass is 10.0. The Kier molecular flexibility index (Phi) is 5.19. The van der Waals surface area contributed by atoms with Crippen LogP contribution in [-0.2, 0) is 0 Å². The van der Waals surface area contributed by atoms with E-state index in [1.54, 1.807) is 41.1 Å². The van der Waals surface area contributed by atoms with Gasteiger partial charge in [0.25, 0.3) is 5.56 Å². The van der Waals surface area contributed by atoms with Gasteiger partial charge in [-0.15, -0.1) is 0 Å². The van der Waals surface area contributed by atoms with E-state index in [0.717, 1.165) is 4.47 Å². The number of aromatic nitrogens is 2. The summed E-state index contributed by atoms with van der Waals surface area (Å²) in [5.41, 5.74) is 0.757. The van der Waals surface area contributed by atoms with E-state index in [9.17, 15) is 18.7 Å². The zero-order valence-corrected chi connectivity index (χ0v) is 14.5. The standard InChI is InChI=1S/C17H15BrF2N2O3/c18-10-5-6-12-14(9-10)22(21-16(12)24)13(7-8-23)11-3-1-2-4-15(11)25-17(19)20/h1-6,9,13,17,23H,7-8H2,(H,21,24). The van der Waals surface area contributed by atoms with Crippen molar-refractivity contribution in [1.29, 1.82) is 0 Å². The molecule has 8 heteroatoms. The molecule has 0 saturated carbocycles. The lowest BCUT2D eigenvalue weighted by molar-refractivity contribution is -0.0507. The molecule has 0 amide bonds. The number of fused-ring (bicyclic) bond motifs is 1. The third kappa shape index (κ3) is 3.59. The second kappa shape index (κ2) is 7.37. The van der Waals surface area contributed by atoms with Crippen molar-refractivity contribution in [1.82, 2.24) is 9.78 Å². The smallest absolute Gasteiger partial charge is 0.387 e. The average Bonchev–Trinajstić information content (AvgIpc) is 2.89. The van der Waals surface area contributed by atoms with Gasteiger partial charge in [0.15, 0.2) is 0 Å². The second-order valence-electron chi connectivity index (χ2n) is 5.42. The molecule has 1 aromatic heterocycles. The van der Waals surface area contributed by atoms with E-state index < -0.39 is 12.7 Å². The maximum Gasteiger partial charge on any atom is 0.387 e. The summed E-state index contributed by atoms with van der Waals surface area (Å²) in [6, 6.07) is 11.0. The van der Waals surface area contributed by atoms with Crippen LogP contribution in [0.3, 0.4) is 0 Å². The molecule has 0 bridgehead atoms. The Morgan fingerprint density at radius 2 is 2.00 bits per heavy atom. The Morgan fingerprint density at radius 3 is 2.72 bits per heavy atom. The fraction of sp³-hybridized carbons (Fsp3) is 0.235. The SMILES string of the molecule is O=c1[nH]n(C(CCO)c2ccccc2OC(F)F)c2cc(Br)ccc12. The molecule has 2 N–H and O–H groups in total. The number of alkyl halides is 2. The molecule has 3 rings (SSSR count). The number of benzene rings is 2. The number of aliphatic hydroxyl groups is 1. The van der Waals surface area contributed by atoms with Crippen molar-refractivity contribution < 1.29 is 18.6 Å². The molecule has 1 atom stereocenters. The van der Waals surface area contributed by atoms with Crippen LogP contribution in [0.2, 0.25) is 0 Å². The van der Waals surface area contributed by atoms with Crippen LogP contribution in [0, 0.1) is 0 Å². The fourth-order valence-corrected chi connectivity index (χ4v) is 3.23. The maximum absolute atomic E-state index is 12.7. The summed E-state index contributed by atoms with van der Waals surface area (Å²) in [6.45, 7) is -3.16. The number of hydrogen-bond acceptors (Lipinski definition) is 3. The van der Waals surface area contributed by atoms with E-state index in [4.69, 9.17) is 0 Å². The second-order valence-corrected chi connectivity index (χ2v) is 6.33. The van der Waals surface area contributed by atoms with E-state index in [2.05, 4.69) is 25.8 Å². The highest BCUT2D eigenvalue weighted by molar-refractivity contribution is 9.10. The summed E-state index contributed by atoms with van der Waals surface area (Å²) in [5.74, 6) is 0.00801.